The van der Waals surface area contributed by atoms with Crippen molar-refractivity contribution in [2.75, 3.05) is 5.32 Å². The molecule has 2 aromatic carbocycles. The molecule has 4 aromatic rings. The summed E-state index contributed by atoms with van der Waals surface area (Å²) in [7, 11) is 0. The molecule has 0 atom stereocenters. The maximum absolute atomic E-state index is 13.8. The number of nitrogens with one attached hydrogen (secondary N) is 2. The molecule has 0 fully saturated rings. The first-order valence-corrected chi connectivity index (χ1v) is 11.5. The number of aromatic nitrogens is 3. The Bertz CT molecular complexity index is 1500. The maximum Gasteiger partial charge on any atom is 0.416 e. The molecule has 0 saturated carbocycles. The fourth-order valence-corrected chi connectivity index (χ4v) is 4.82. The van der Waals surface area contributed by atoms with Crippen LogP contribution in [0.5, 0.6) is 0 Å². The van der Waals surface area contributed by atoms with Crippen molar-refractivity contribution in [1.29, 1.82) is 0 Å². The number of hydrogen-bond acceptors (Lipinski definition) is 5. The number of pyridine rings is 1. The SMILES string of the molecule is O=C1N=C(Nc2cccnc2)SC1=C(Cc1ccc(Cl)cc1C(F)(F)F)c1ccc2[nH]ncc2c1. The summed E-state index contributed by atoms with van der Waals surface area (Å²) in [4.78, 5) is 21.3. The average Bonchev–Trinajstić information content (AvgIpc) is 3.44. The van der Waals surface area contributed by atoms with E-state index in [1.54, 1.807) is 48.9 Å². The van der Waals surface area contributed by atoms with Crippen molar-refractivity contribution in [2.24, 2.45) is 4.99 Å². The van der Waals surface area contributed by atoms with Crippen LogP contribution < -0.4 is 5.32 Å². The molecule has 0 radical (unpaired) electrons. The van der Waals surface area contributed by atoms with Crippen molar-refractivity contribution in [1.82, 2.24) is 15.2 Å². The third-order valence-electron chi connectivity index (χ3n) is 5.32. The number of alkyl halides is 3. The number of hydrogen-bond donors (Lipinski definition) is 2. The van der Waals surface area contributed by atoms with Crippen LogP contribution in [0.1, 0.15) is 16.7 Å². The van der Waals surface area contributed by atoms with E-state index in [1.165, 1.54) is 12.1 Å². The van der Waals surface area contributed by atoms with E-state index in [4.69, 9.17) is 11.6 Å². The molecule has 6 nitrogen and oxygen atoms in total. The predicted octanol–water partition coefficient (Wildman–Crippen LogP) is 6.33. The standard InChI is InChI=1S/C24H15ClF3N5OS/c25-16-5-3-14(19(10-16)24(26,27)28)9-18(13-4-6-20-15(8-13)11-30-33-20)21-22(34)32-23(35-21)31-17-2-1-7-29-12-17/h1-8,10-12H,9H2,(H,30,33)(H,31,32,34). The maximum atomic E-state index is 13.8. The number of amides is 1. The Hall–Kier alpha value is -3.63. The Kier molecular flexibility index (Phi) is 6.08. The first kappa shape index (κ1) is 23.1. The van der Waals surface area contributed by atoms with Gasteiger partial charge >= 0.3 is 6.18 Å². The minimum absolute atomic E-state index is 0.00115. The van der Waals surface area contributed by atoms with Crippen molar-refractivity contribution in [3.05, 3.63) is 93.7 Å². The number of allylic oxidation sites excluding steroid dienone is 1. The largest absolute Gasteiger partial charge is 0.416 e. The first-order valence-electron chi connectivity index (χ1n) is 10.3. The molecule has 1 amide bonds. The molecule has 0 spiro atoms. The van der Waals surface area contributed by atoms with Crippen molar-refractivity contribution >= 4 is 56.6 Å². The quantitative estimate of drug-likeness (QED) is 0.312. The topological polar surface area (TPSA) is 83.0 Å². The smallest absolute Gasteiger partial charge is 0.333 e. The van der Waals surface area contributed by atoms with Crippen LogP contribution in [0.15, 0.2) is 77.0 Å². The van der Waals surface area contributed by atoms with Crippen molar-refractivity contribution < 1.29 is 18.0 Å². The van der Waals surface area contributed by atoms with Gasteiger partial charge in [-0.25, -0.2) is 0 Å². The van der Waals surface area contributed by atoms with E-state index < -0.39 is 17.6 Å². The van der Waals surface area contributed by atoms with Crippen molar-refractivity contribution in [3.8, 4) is 0 Å². The van der Waals surface area contributed by atoms with E-state index in [-0.39, 0.29) is 21.9 Å². The number of halogens is 4. The van der Waals surface area contributed by atoms with Crippen LogP contribution in [-0.2, 0) is 17.4 Å². The summed E-state index contributed by atoms with van der Waals surface area (Å²) < 4.78 is 41.4. The second-order valence-electron chi connectivity index (χ2n) is 7.65. The zero-order valence-corrected chi connectivity index (χ0v) is 19.3. The second-order valence-corrected chi connectivity index (χ2v) is 9.08. The zero-order chi connectivity index (χ0) is 24.6. The van der Waals surface area contributed by atoms with Gasteiger partial charge in [-0.2, -0.15) is 23.3 Å². The number of carbonyl (C=O) groups excluding carboxylic acids is 1. The van der Waals surface area contributed by atoms with Gasteiger partial charge in [0.15, 0.2) is 5.17 Å². The van der Waals surface area contributed by atoms with Gasteiger partial charge in [0.25, 0.3) is 5.91 Å². The summed E-state index contributed by atoms with van der Waals surface area (Å²) in [6.07, 6.45) is 0.0339. The number of amidine groups is 1. The van der Waals surface area contributed by atoms with Gasteiger partial charge in [-0.1, -0.05) is 23.7 Å². The van der Waals surface area contributed by atoms with E-state index in [1.807, 2.05) is 0 Å². The molecule has 0 bridgehead atoms. The van der Waals surface area contributed by atoms with Gasteiger partial charge in [-0.15, -0.1) is 0 Å². The Labute approximate surface area is 206 Å². The van der Waals surface area contributed by atoms with Crippen LogP contribution in [0, 0.1) is 0 Å². The molecular formula is C24H15ClF3N5OS. The second kappa shape index (κ2) is 9.20. The van der Waals surface area contributed by atoms with Crippen molar-refractivity contribution in [2.45, 2.75) is 12.6 Å². The summed E-state index contributed by atoms with van der Waals surface area (Å²) in [6, 6.07) is 12.4. The highest BCUT2D eigenvalue weighted by Gasteiger charge is 2.35. The zero-order valence-electron chi connectivity index (χ0n) is 17.7. The van der Waals surface area contributed by atoms with E-state index in [0.717, 1.165) is 28.7 Å². The molecule has 0 unspecified atom stereocenters. The lowest BCUT2D eigenvalue weighted by atomic mass is 9.93. The van der Waals surface area contributed by atoms with E-state index in [2.05, 4.69) is 25.5 Å². The van der Waals surface area contributed by atoms with Crippen LogP contribution in [0.4, 0.5) is 18.9 Å². The van der Waals surface area contributed by atoms with Crippen LogP contribution in [0.2, 0.25) is 5.02 Å². The molecule has 1 aliphatic rings. The number of thioether (sulfide) groups is 1. The minimum atomic E-state index is -4.61. The van der Waals surface area contributed by atoms with Gasteiger partial charge < -0.3 is 5.32 Å². The molecule has 2 N–H and O–H groups in total. The summed E-state index contributed by atoms with van der Waals surface area (Å²) >= 11 is 6.93. The van der Waals surface area contributed by atoms with Gasteiger partial charge in [0.05, 0.1) is 34.1 Å². The molecule has 0 aliphatic carbocycles. The van der Waals surface area contributed by atoms with Crippen LogP contribution in [0.3, 0.4) is 0 Å². The highest BCUT2D eigenvalue weighted by atomic mass is 35.5. The molecule has 35 heavy (non-hydrogen) atoms. The number of aromatic amines is 1. The highest BCUT2D eigenvalue weighted by Crippen LogP contribution is 2.40. The number of rotatable bonds is 4. The molecule has 1 aliphatic heterocycles. The summed E-state index contributed by atoms with van der Waals surface area (Å²) in [5.74, 6) is -0.536. The van der Waals surface area contributed by atoms with Crippen LogP contribution in [-0.4, -0.2) is 26.3 Å². The first-order chi connectivity index (χ1) is 16.8. The number of fused-ring (bicyclic) bond motifs is 1. The van der Waals surface area contributed by atoms with Crippen molar-refractivity contribution in [3.63, 3.8) is 0 Å². The molecule has 0 saturated heterocycles. The lowest BCUT2D eigenvalue weighted by Crippen LogP contribution is -2.10. The number of benzene rings is 2. The fraction of sp³-hybridized carbons (Fsp3) is 0.0833. The third-order valence-corrected chi connectivity index (χ3v) is 6.56. The molecule has 11 heteroatoms. The van der Waals surface area contributed by atoms with E-state index >= 15 is 0 Å². The average molecular weight is 514 g/mol. The van der Waals surface area contributed by atoms with Gasteiger partial charge in [0, 0.05) is 16.6 Å². The summed E-state index contributed by atoms with van der Waals surface area (Å²) in [5.41, 5.74) is 1.56. The van der Waals surface area contributed by atoms with Gasteiger partial charge in [-0.3, -0.25) is 14.9 Å². The fourth-order valence-electron chi connectivity index (χ4n) is 3.71. The normalized spacial score (nSPS) is 15.4. The van der Waals surface area contributed by atoms with Gasteiger partial charge in [0.1, 0.15) is 0 Å². The molecule has 5 rings (SSSR count). The third kappa shape index (κ3) is 4.94. The molecule has 2 aromatic heterocycles. The molecule has 3 heterocycles. The number of aliphatic imine (C=N–C) groups is 1. The van der Waals surface area contributed by atoms with Gasteiger partial charge in [-0.05, 0) is 71.3 Å². The summed E-state index contributed by atoms with van der Waals surface area (Å²) in [5, 5.41) is 10.9. The summed E-state index contributed by atoms with van der Waals surface area (Å²) in [6.45, 7) is 0. The predicted molar refractivity (Wildman–Crippen MR) is 131 cm³/mol. The number of anilines is 1. The number of carbonyl (C=O) groups is 1. The Balaban J connectivity index is 1.59. The number of H-pyrrole nitrogens is 1. The number of nitrogens with zero attached hydrogens (tertiary/aromatic N) is 3. The Morgan fingerprint density at radius 1 is 1.11 bits per heavy atom. The van der Waals surface area contributed by atoms with Crippen LogP contribution >= 0.6 is 23.4 Å². The van der Waals surface area contributed by atoms with E-state index in [0.29, 0.717) is 22.0 Å². The highest BCUT2D eigenvalue weighted by molar-refractivity contribution is 8.18. The molecule has 176 valence electrons. The lowest BCUT2D eigenvalue weighted by Gasteiger charge is -2.16. The monoisotopic (exact) mass is 513 g/mol. The Morgan fingerprint density at radius 3 is 2.74 bits per heavy atom. The Morgan fingerprint density at radius 2 is 1.97 bits per heavy atom. The molecular weight excluding hydrogens is 499 g/mol. The van der Waals surface area contributed by atoms with E-state index in [9.17, 15) is 18.0 Å². The van der Waals surface area contributed by atoms with Crippen LogP contribution in [0.25, 0.3) is 16.5 Å². The minimum Gasteiger partial charge on any atom is -0.333 e. The lowest BCUT2D eigenvalue weighted by molar-refractivity contribution is -0.138. The van der Waals surface area contributed by atoms with Gasteiger partial charge in [0.2, 0.25) is 0 Å².